The molecule has 23 nitrogen and oxygen atoms in total. The second kappa shape index (κ2) is 31.5. The van der Waals surface area contributed by atoms with Crippen molar-refractivity contribution in [1.29, 1.82) is 0 Å². The summed E-state index contributed by atoms with van der Waals surface area (Å²) in [6, 6.07) is 27.8. The molecule has 2 aliphatic heterocycles. The van der Waals surface area contributed by atoms with Crippen molar-refractivity contribution >= 4 is 144 Å². The Hall–Kier alpha value is -8.12. The van der Waals surface area contributed by atoms with E-state index < -0.39 is 117 Å². The maximum atomic E-state index is 14.7. The second-order valence-corrected chi connectivity index (χ2v) is 33.0. The van der Waals surface area contributed by atoms with Crippen LogP contribution in [-0.2, 0) is 55.0 Å². The molecule has 7 aromatic rings. The first kappa shape index (κ1) is 84.5. The number of rotatable bonds is 16. The van der Waals surface area contributed by atoms with E-state index in [0.717, 1.165) is 80.2 Å². The molecule has 1 aromatic heterocycles. The van der Waals surface area contributed by atoms with Crippen molar-refractivity contribution in [1.82, 2.24) is 19.4 Å². The minimum atomic E-state index is -7.04. The third-order valence-electron chi connectivity index (χ3n) is 18.1. The molecule has 44 heteroatoms. The number of halogens is 17. The number of hydrogen-bond acceptors (Lipinski definition) is 17. The number of para-hydroxylation sites is 2. The van der Waals surface area contributed by atoms with Gasteiger partial charge >= 0.3 is 80.0 Å². The zero-order valence-electron chi connectivity index (χ0n) is 54.9. The number of sulfonamides is 4. The molecule has 582 valence electrons. The highest BCUT2D eigenvalue weighted by Crippen LogP contribution is 2.68. The molecule has 107 heavy (non-hydrogen) atoms. The van der Waals surface area contributed by atoms with Gasteiger partial charge in [-0.2, -0.15) is 86.4 Å². The van der Waals surface area contributed by atoms with Gasteiger partial charge in [0, 0.05) is 42.3 Å². The number of carboxylic acid groups (broad SMARTS) is 1. The molecular formula is C63H57Cl4F13N8O15S4. The van der Waals surface area contributed by atoms with Crippen LogP contribution in [0.1, 0.15) is 104 Å². The Bertz CT molecular complexity index is 5030. The molecule has 1 spiro atoms. The summed E-state index contributed by atoms with van der Waals surface area (Å²) in [4.78, 5) is 55.7. The number of nitrogens with two attached hydrogens (primary N) is 1. The summed E-state index contributed by atoms with van der Waals surface area (Å²) in [5.41, 5.74) is -17.7. The number of carboxylic acids is 1. The highest BCUT2D eigenvalue weighted by molar-refractivity contribution is 8.11. The van der Waals surface area contributed by atoms with E-state index in [0.29, 0.717) is 71.8 Å². The normalized spacial score (nSPS) is 18.7. The minimum absolute atomic E-state index is 0.0588. The lowest BCUT2D eigenvalue weighted by Crippen LogP contribution is -2.74. The number of aryl methyl sites for hydroxylation is 1. The number of nitrogens with zero attached hydrogens (tertiary/aromatic N) is 5. The fraction of sp³-hybridized carbons (Fsp3) is 0.349. The Morgan fingerprint density at radius 1 is 0.617 bits per heavy atom. The van der Waals surface area contributed by atoms with E-state index in [9.17, 15) is 110 Å². The molecule has 0 bridgehead atoms. The van der Waals surface area contributed by atoms with E-state index in [1.54, 1.807) is 23.1 Å². The van der Waals surface area contributed by atoms with Crippen molar-refractivity contribution in [3.63, 3.8) is 0 Å². The van der Waals surface area contributed by atoms with Crippen LogP contribution < -0.4 is 18.9 Å². The number of piperidine rings is 2. The largest absolute Gasteiger partial charge is 0.517 e. The van der Waals surface area contributed by atoms with Gasteiger partial charge in [0.2, 0.25) is 0 Å². The van der Waals surface area contributed by atoms with Crippen molar-refractivity contribution in [2.75, 3.05) is 52.7 Å². The standard InChI is InChI=1S/C37H38ClF4N5O3S.C10H6ClF6NO6S2.C8H5ClF3NO4S.C8H8ClNO2/c1-23-43-30-7-2-3-8-31(30)47(23)27-21-33-36(22-27)12-11-32(36)46(33)18-15-35(24-5-4-6-25(39)19-24)13-16-45(17-14-35)34(48)28-10-9-26(20-29(28)38)44-51(49,50)37(40,41)42;1-24-8(19)6-3-2-5(4-7(6)11)18(25(20,21)9(12,13)14)26(22,23)10(15,16)17;9-6-3-4(1-2-5(6)7(14)15)13-18(16,17)8(10,11)12;1-12-8(11)6-3-2-5(10)4-7(6)9/h2-10,19-20,27,32-33,44H,11-18,21-22H2,1H3;2-4H,1H3;1-3,13H,(H,14,15);2-4H,10H2,1H3. The van der Waals surface area contributed by atoms with Gasteiger partial charge in [-0.15, -0.1) is 3.71 Å². The van der Waals surface area contributed by atoms with Crippen LogP contribution in [0.5, 0.6) is 0 Å². The van der Waals surface area contributed by atoms with Crippen LogP contribution in [0.25, 0.3) is 11.0 Å². The van der Waals surface area contributed by atoms with Gasteiger partial charge in [0.25, 0.3) is 5.91 Å². The molecule has 4 unspecified atom stereocenters. The second-order valence-electron chi connectivity index (χ2n) is 24.3. The number of hydrogen-bond donors (Lipinski definition) is 4. The zero-order chi connectivity index (χ0) is 79.9. The van der Waals surface area contributed by atoms with E-state index in [1.165, 1.54) is 59.2 Å². The van der Waals surface area contributed by atoms with E-state index >= 15 is 0 Å². The van der Waals surface area contributed by atoms with Crippen LogP contribution >= 0.6 is 46.4 Å². The molecule has 1 amide bonds. The third kappa shape index (κ3) is 17.6. The first-order valence-electron chi connectivity index (χ1n) is 30.6. The molecule has 0 radical (unpaired) electrons. The summed E-state index contributed by atoms with van der Waals surface area (Å²) in [6.07, 6.45) is 6.66. The van der Waals surface area contributed by atoms with Crippen molar-refractivity contribution in [3.05, 3.63) is 181 Å². The number of ether oxygens (including phenoxy) is 2. The topological polar surface area (TPSA) is 321 Å². The lowest BCUT2D eigenvalue weighted by molar-refractivity contribution is -0.190. The number of nitrogens with one attached hydrogen (secondary N) is 2. The Kier molecular flexibility index (Phi) is 24.8. The molecular weight excluding hydrogens is 1630 g/mol. The number of alkyl halides is 12. The van der Waals surface area contributed by atoms with Crippen LogP contribution in [0.3, 0.4) is 0 Å². The number of imidazole rings is 1. The molecule has 2 saturated carbocycles. The average molecular weight is 1680 g/mol. The quantitative estimate of drug-likeness (QED) is 0.0397. The van der Waals surface area contributed by atoms with Crippen molar-refractivity contribution in [2.45, 2.75) is 97.4 Å². The van der Waals surface area contributed by atoms with Gasteiger partial charge in [-0.25, -0.2) is 23.8 Å². The van der Waals surface area contributed by atoms with Crippen LogP contribution in [0.4, 0.5) is 79.8 Å². The highest BCUT2D eigenvalue weighted by atomic mass is 35.5. The summed E-state index contributed by atoms with van der Waals surface area (Å²) >= 11 is 23.0. The first-order chi connectivity index (χ1) is 49.4. The Morgan fingerprint density at radius 2 is 1.11 bits per heavy atom. The number of amides is 1. The maximum Gasteiger partial charge on any atom is 0.517 e. The van der Waals surface area contributed by atoms with Gasteiger partial charge in [0.15, 0.2) is 0 Å². The van der Waals surface area contributed by atoms with Crippen molar-refractivity contribution in [3.8, 4) is 0 Å². The third-order valence-corrected chi connectivity index (χ3v) is 25.2. The van der Waals surface area contributed by atoms with Gasteiger partial charge in [-0.1, -0.05) is 70.7 Å². The summed E-state index contributed by atoms with van der Waals surface area (Å²) < 4.78 is 268. The van der Waals surface area contributed by atoms with Crippen LogP contribution in [0.2, 0.25) is 20.1 Å². The molecule has 6 aromatic carbocycles. The predicted octanol–water partition coefficient (Wildman–Crippen LogP) is 14.5. The number of likely N-dealkylation sites (tertiary alicyclic amines) is 2. The first-order valence-corrected chi connectivity index (χ1v) is 37.9. The highest BCUT2D eigenvalue weighted by Gasteiger charge is 2.69. The summed E-state index contributed by atoms with van der Waals surface area (Å²) in [5.74, 6) is -2.66. The van der Waals surface area contributed by atoms with Crippen molar-refractivity contribution in [2.24, 2.45) is 5.41 Å². The van der Waals surface area contributed by atoms with E-state index in [-0.39, 0.29) is 44.5 Å². The zero-order valence-corrected chi connectivity index (χ0v) is 61.2. The van der Waals surface area contributed by atoms with Gasteiger partial charge in [0.05, 0.1) is 84.7 Å². The fourth-order valence-corrected chi connectivity index (χ4v) is 17.9. The summed E-state index contributed by atoms with van der Waals surface area (Å²) in [7, 11) is -23.1. The molecule has 4 fully saturated rings. The van der Waals surface area contributed by atoms with Crippen LogP contribution in [0.15, 0.2) is 121 Å². The lowest BCUT2D eigenvalue weighted by atomic mass is 9.53. The number of aromatic carboxylic acids is 1. The molecule has 3 heterocycles. The molecule has 11 rings (SSSR count). The predicted molar refractivity (Wildman–Crippen MR) is 366 cm³/mol. The smallest absolute Gasteiger partial charge is 0.478 e. The number of anilines is 4. The minimum Gasteiger partial charge on any atom is -0.478 e. The molecule has 4 aliphatic rings. The SMILES string of the molecule is COC(=O)c1ccc(N(S(=O)(=O)C(F)(F)F)S(=O)(=O)C(F)(F)F)cc1Cl.COC(=O)c1ccc(N)cc1Cl.Cc1nc2ccccc2n1C1CC2N(CCC3(c4cccc(F)c4)CCN(C(=O)c4ccc(NS(=O)(=O)C(F)(F)F)cc4Cl)CC3)C3CCC32C1.O=C(O)c1ccc(NS(=O)(=O)C(F)(F)F)cc1Cl. The summed E-state index contributed by atoms with van der Waals surface area (Å²) in [5, 5.41) is 7.52. The number of aromatic nitrogens is 2. The Labute approximate surface area is 620 Å². The Balaban J connectivity index is 0.000000213. The number of carbonyl (C=O) groups is 4. The number of nitrogen functional groups attached to an aromatic ring is 1. The van der Waals surface area contributed by atoms with Gasteiger partial charge in [-0.3, -0.25) is 19.1 Å². The molecule has 2 saturated heterocycles. The van der Waals surface area contributed by atoms with Crippen molar-refractivity contribution < 1.29 is 125 Å². The number of esters is 2. The van der Waals surface area contributed by atoms with E-state index in [1.807, 2.05) is 12.1 Å². The number of methoxy groups -OCH3 is 2. The molecule has 4 atom stereocenters. The average Bonchev–Trinajstić information content (AvgIpc) is 1.55. The van der Waals surface area contributed by atoms with E-state index in [2.05, 4.69) is 44.1 Å². The fourth-order valence-electron chi connectivity index (χ4n) is 13.0. The van der Waals surface area contributed by atoms with Crippen LogP contribution in [-0.4, -0.2) is 150 Å². The lowest BCUT2D eigenvalue weighted by Gasteiger charge is -2.69. The number of carbonyl (C=O) groups excluding carboxylic acids is 3. The monoisotopic (exact) mass is 1680 g/mol. The van der Waals surface area contributed by atoms with Crippen LogP contribution in [0, 0.1) is 18.2 Å². The maximum absolute atomic E-state index is 14.7. The van der Waals surface area contributed by atoms with Gasteiger partial charge in [-0.05, 0) is 166 Å². The Morgan fingerprint density at radius 3 is 1.57 bits per heavy atom. The molecule has 2 aliphatic carbocycles. The number of fused-ring (bicyclic) bond motifs is 1. The van der Waals surface area contributed by atoms with Gasteiger partial charge < -0.3 is 29.8 Å². The van der Waals surface area contributed by atoms with Gasteiger partial charge in [0.1, 0.15) is 11.6 Å². The van der Waals surface area contributed by atoms with E-state index in [4.69, 9.17) is 62.2 Å². The molecule has 5 N–H and O–H groups in total. The number of benzene rings is 6. The summed E-state index contributed by atoms with van der Waals surface area (Å²) in [6.45, 7) is 3.72.